The normalized spacial score (nSPS) is 10.7. The van der Waals surface area contributed by atoms with Crippen LogP contribution in [-0.2, 0) is 0 Å². The number of rotatable bonds is 6. The SMILES string of the molecule is COc1ccc(Br)cc1-c1cccc(-c2cc(Br)ccc2OC)c1-c1cc(Br)ccc1OC. The zero-order chi connectivity index (χ0) is 23.5. The minimum Gasteiger partial charge on any atom is -0.496 e. The highest BCUT2D eigenvalue weighted by Crippen LogP contribution is 2.48. The van der Waals surface area contributed by atoms with Gasteiger partial charge in [-0.1, -0.05) is 66.0 Å². The molecule has 0 heterocycles. The fourth-order valence-corrected chi connectivity index (χ4v) is 5.03. The first-order valence-electron chi connectivity index (χ1n) is 10.1. The van der Waals surface area contributed by atoms with Crippen LogP contribution in [0.5, 0.6) is 17.2 Å². The van der Waals surface area contributed by atoms with Gasteiger partial charge in [-0.15, -0.1) is 0 Å². The molecule has 4 rings (SSSR count). The molecule has 0 radical (unpaired) electrons. The molecule has 0 N–H and O–H groups in total. The standard InChI is InChI=1S/C27H21Br3O3/c1-31-24-10-7-16(28)13-21(24)19-5-4-6-20(22-14-17(29)8-11-25(22)32-2)27(19)23-15-18(30)9-12-26(23)33-3/h4-15H,1-3H3. The number of hydrogen-bond acceptors (Lipinski definition) is 3. The molecule has 0 atom stereocenters. The van der Waals surface area contributed by atoms with E-state index in [1.165, 1.54) is 0 Å². The maximum Gasteiger partial charge on any atom is 0.126 e. The third kappa shape index (κ3) is 4.84. The summed E-state index contributed by atoms with van der Waals surface area (Å²) in [5.74, 6) is 2.34. The van der Waals surface area contributed by atoms with E-state index in [9.17, 15) is 0 Å². The van der Waals surface area contributed by atoms with Crippen molar-refractivity contribution in [3.05, 3.63) is 86.2 Å². The molecule has 0 aliphatic carbocycles. The van der Waals surface area contributed by atoms with E-state index >= 15 is 0 Å². The molecule has 3 nitrogen and oxygen atoms in total. The lowest BCUT2D eigenvalue weighted by atomic mass is 9.86. The lowest BCUT2D eigenvalue weighted by Crippen LogP contribution is -1.97. The van der Waals surface area contributed by atoms with E-state index in [1.54, 1.807) is 21.3 Å². The number of methoxy groups -OCH3 is 3. The van der Waals surface area contributed by atoms with Crippen molar-refractivity contribution in [1.29, 1.82) is 0 Å². The van der Waals surface area contributed by atoms with Crippen molar-refractivity contribution in [3.8, 4) is 50.6 Å². The van der Waals surface area contributed by atoms with Gasteiger partial charge >= 0.3 is 0 Å². The second kappa shape index (κ2) is 10.3. The first-order chi connectivity index (χ1) is 16.0. The molecule has 0 saturated heterocycles. The monoisotopic (exact) mass is 630 g/mol. The number of ether oxygens (including phenoxy) is 3. The van der Waals surface area contributed by atoms with Crippen molar-refractivity contribution < 1.29 is 14.2 Å². The fraction of sp³-hybridized carbons (Fsp3) is 0.111. The molecule has 4 aromatic carbocycles. The van der Waals surface area contributed by atoms with Gasteiger partial charge in [-0.25, -0.2) is 0 Å². The van der Waals surface area contributed by atoms with Crippen molar-refractivity contribution in [1.82, 2.24) is 0 Å². The van der Waals surface area contributed by atoms with Crippen LogP contribution in [0.3, 0.4) is 0 Å². The fourth-order valence-electron chi connectivity index (χ4n) is 3.95. The maximum atomic E-state index is 5.80. The van der Waals surface area contributed by atoms with Gasteiger partial charge in [0.15, 0.2) is 0 Å². The third-order valence-corrected chi connectivity index (χ3v) is 6.88. The molecular formula is C27H21Br3O3. The summed E-state index contributed by atoms with van der Waals surface area (Å²) in [6, 6.07) is 24.3. The molecule has 0 unspecified atom stereocenters. The Labute approximate surface area is 219 Å². The first kappa shape index (κ1) is 23.9. The molecule has 0 aliphatic rings. The van der Waals surface area contributed by atoms with Crippen LogP contribution in [0.4, 0.5) is 0 Å². The van der Waals surface area contributed by atoms with Crippen LogP contribution in [0.25, 0.3) is 33.4 Å². The van der Waals surface area contributed by atoms with E-state index in [0.29, 0.717) is 0 Å². The Morgan fingerprint density at radius 1 is 0.455 bits per heavy atom. The van der Waals surface area contributed by atoms with Gasteiger partial charge in [0.2, 0.25) is 0 Å². The topological polar surface area (TPSA) is 27.7 Å². The number of hydrogen-bond donors (Lipinski definition) is 0. The molecular weight excluding hydrogens is 612 g/mol. The molecule has 0 aromatic heterocycles. The number of halogens is 3. The van der Waals surface area contributed by atoms with Gasteiger partial charge in [0.1, 0.15) is 17.2 Å². The Kier molecular flexibility index (Phi) is 7.47. The quantitative estimate of drug-likeness (QED) is 0.212. The Balaban J connectivity index is 2.16. The second-order valence-corrected chi connectivity index (χ2v) is 10.0. The minimum absolute atomic E-state index is 0.773. The van der Waals surface area contributed by atoms with Gasteiger partial charge in [0.25, 0.3) is 0 Å². The molecule has 0 aliphatic heterocycles. The van der Waals surface area contributed by atoms with Gasteiger partial charge in [0.05, 0.1) is 21.3 Å². The summed E-state index contributed by atoms with van der Waals surface area (Å²) in [5, 5.41) is 0. The van der Waals surface area contributed by atoms with Crippen LogP contribution < -0.4 is 14.2 Å². The molecule has 168 valence electrons. The summed E-state index contributed by atoms with van der Waals surface area (Å²) in [6.45, 7) is 0. The number of benzene rings is 4. The Bertz CT molecular complexity index is 1250. The van der Waals surface area contributed by atoms with Crippen LogP contribution in [0.2, 0.25) is 0 Å². The lowest BCUT2D eigenvalue weighted by Gasteiger charge is -2.21. The van der Waals surface area contributed by atoms with Crippen LogP contribution in [0, 0.1) is 0 Å². The smallest absolute Gasteiger partial charge is 0.126 e. The average molecular weight is 633 g/mol. The molecule has 4 aromatic rings. The molecule has 0 amide bonds. The van der Waals surface area contributed by atoms with E-state index in [0.717, 1.165) is 64.0 Å². The summed E-state index contributed by atoms with van der Waals surface area (Å²) in [4.78, 5) is 0. The maximum absolute atomic E-state index is 5.80. The highest BCUT2D eigenvalue weighted by atomic mass is 79.9. The molecule has 0 bridgehead atoms. The predicted molar refractivity (Wildman–Crippen MR) is 146 cm³/mol. The van der Waals surface area contributed by atoms with Crippen molar-refractivity contribution >= 4 is 47.8 Å². The van der Waals surface area contributed by atoms with Crippen LogP contribution in [-0.4, -0.2) is 21.3 Å². The van der Waals surface area contributed by atoms with Crippen molar-refractivity contribution in [3.63, 3.8) is 0 Å². The van der Waals surface area contributed by atoms with E-state index in [1.807, 2.05) is 36.4 Å². The van der Waals surface area contributed by atoms with Gasteiger partial charge in [-0.2, -0.15) is 0 Å². The predicted octanol–water partition coefficient (Wildman–Crippen LogP) is 9.00. The van der Waals surface area contributed by atoms with E-state index in [4.69, 9.17) is 14.2 Å². The highest BCUT2D eigenvalue weighted by Gasteiger charge is 2.21. The third-order valence-electron chi connectivity index (χ3n) is 5.40. The van der Waals surface area contributed by atoms with E-state index in [-0.39, 0.29) is 0 Å². The van der Waals surface area contributed by atoms with Crippen LogP contribution >= 0.6 is 47.8 Å². The highest BCUT2D eigenvalue weighted by molar-refractivity contribution is 9.11. The minimum atomic E-state index is 0.773. The van der Waals surface area contributed by atoms with Gasteiger partial charge in [-0.3, -0.25) is 0 Å². The zero-order valence-corrected chi connectivity index (χ0v) is 23.0. The molecule has 6 heteroatoms. The van der Waals surface area contributed by atoms with Gasteiger partial charge < -0.3 is 14.2 Å². The summed E-state index contributed by atoms with van der Waals surface area (Å²) >= 11 is 10.9. The largest absolute Gasteiger partial charge is 0.496 e. The Hall–Kier alpha value is -2.28. The lowest BCUT2D eigenvalue weighted by molar-refractivity contribution is 0.415. The molecule has 0 saturated carbocycles. The van der Waals surface area contributed by atoms with Crippen molar-refractivity contribution in [2.75, 3.05) is 21.3 Å². The Morgan fingerprint density at radius 3 is 1.21 bits per heavy atom. The molecule has 33 heavy (non-hydrogen) atoms. The second-order valence-electron chi connectivity index (χ2n) is 7.26. The van der Waals surface area contributed by atoms with Gasteiger partial charge in [-0.05, 0) is 65.7 Å². The summed E-state index contributed by atoms with van der Waals surface area (Å²) < 4.78 is 20.2. The first-order valence-corrected chi connectivity index (χ1v) is 12.5. The summed E-state index contributed by atoms with van der Waals surface area (Å²) in [5.41, 5.74) is 5.96. The summed E-state index contributed by atoms with van der Waals surface area (Å²) in [7, 11) is 5.06. The van der Waals surface area contributed by atoms with Crippen LogP contribution in [0.1, 0.15) is 0 Å². The molecule has 0 spiro atoms. The van der Waals surface area contributed by atoms with Gasteiger partial charge in [0, 0.05) is 35.7 Å². The van der Waals surface area contributed by atoms with Crippen LogP contribution in [0.15, 0.2) is 86.2 Å². The van der Waals surface area contributed by atoms with Crippen molar-refractivity contribution in [2.45, 2.75) is 0 Å². The summed E-state index contributed by atoms with van der Waals surface area (Å²) in [6.07, 6.45) is 0. The Morgan fingerprint density at radius 2 is 0.818 bits per heavy atom. The van der Waals surface area contributed by atoms with E-state index < -0.39 is 0 Å². The zero-order valence-electron chi connectivity index (χ0n) is 18.3. The van der Waals surface area contributed by atoms with E-state index in [2.05, 4.69) is 84.2 Å². The van der Waals surface area contributed by atoms with Crippen molar-refractivity contribution in [2.24, 2.45) is 0 Å². The molecule has 0 fully saturated rings. The average Bonchev–Trinajstić information content (AvgIpc) is 2.83.